The third kappa shape index (κ3) is 7.67. The van der Waals surface area contributed by atoms with E-state index in [1.807, 2.05) is 12.1 Å². The van der Waals surface area contributed by atoms with Crippen LogP contribution in [0.3, 0.4) is 0 Å². The molecule has 154 valence electrons. The second-order valence-electron chi connectivity index (χ2n) is 6.36. The van der Waals surface area contributed by atoms with Gasteiger partial charge in [0.25, 0.3) is 0 Å². The molecular weight excluding hydrogens is 463 g/mol. The largest absolute Gasteiger partial charge is 0.497 e. The van der Waals surface area contributed by atoms with E-state index in [1.54, 1.807) is 14.2 Å². The molecule has 0 saturated heterocycles. The summed E-state index contributed by atoms with van der Waals surface area (Å²) >= 11 is 0. The zero-order valence-corrected chi connectivity index (χ0v) is 19.7. The van der Waals surface area contributed by atoms with Crippen LogP contribution in [0.1, 0.15) is 30.5 Å². The number of rotatable bonds is 9. The molecule has 28 heavy (non-hydrogen) atoms. The number of hydrogen-bond acceptors (Lipinski definition) is 3. The molecule has 2 aromatic carbocycles. The average Bonchev–Trinajstić information content (AvgIpc) is 2.73. The lowest BCUT2D eigenvalue weighted by atomic mass is 10.1. The second-order valence-corrected chi connectivity index (χ2v) is 6.36. The molecular formula is C22H33IN4O. The second kappa shape index (κ2) is 13.4. The van der Waals surface area contributed by atoms with Crippen molar-refractivity contribution >= 4 is 29.9 Å². The average molecular weight is 496 g/mol. The Morgan fingerprint density at radius 2 is 1.54 bits per heavy atom. The van der Waals surface area contributed by atoms with Gasteiger partial charge in [-0.25, -0.2) is 0 Å². The number of ether oxygens (including phenoxy) is 1. The van der Waals surface area contributed by atoms with Crippen LogP contribution in [0.15, 0.2) is 53.5 Å². The summed E-state index contributed by atoms with van der Waals surface area (Å²) in [5.41, 5.74) is 3.84. The zero-order valence-electron chi connectivity index (χ0n) is 17.4. The van der Waals surface area contributed by atoms with Crippen molar-refractivity contribution in [3.63, 3.8) is 0 Å². The Morgan fingerprint density at radius 1 is 0.929 bits per heavy atom. The van der Waals surface area contributed by atoms with Crippen LogP contribution in [0.4, 0.5) is 0 Å². The Bertz CT molecular complexity index is 715. The summed E-state index contributed by atoms with van der Waals surface area (Å²) in [6.45, 7) is 8.96. The van der Waals surface area contributed by atoms with Gasteiger partial charge in [0.2, 0.25) is 0 Å². The van der Waals surface area contributed by atoms with Gasteiger partial charge >= 0.3 is 0 Å². The van der Waals surface area contributed by atoms with Crippen LogP contribution < -0.4 is 15.4 Å². The molecule has 5 nitrogen and oxygen atoms in total. The zero-order chi connectivity index (χ0) is 19.5. The molecule has 0 heterocycles. The van der Waals surface area contributed by atoms with Gasteiger partial charge in [-0.2, -0.15) is 0 Å². The summed E-state index contributed by atoms with van der Waals surface area (Å²) in [5, 5.41) is 6.79. The molecule has 2 rings (SSSR count). The summed E-state index contributed by atoms with van der Waals surface area (Å²) in [5.74, 6) is 1.66. The van der Waals surface area contributed by atoms with Crippen molar-refractivity contribution < 1.29 is 4.74 Å². The molecule has 0 aliphatic carbocycles. The van der Waals surface area contributed by atoms with Crippen LogP contribution in [0.2, 0.25) is 0 Å². The number of nitrogens with zero attached hydrogens (tertiary/aromatic N) is 2. The molecule has 0 bridgehead atoms. The van der Waals surface area contributed by atoms with Crippen molar-refractivity contribution in [1.82, 2.24) is 15.5 Å². The van der Waals surface area contributed by atoms with Crippen molar-refractivity contribution in [2.24, 2.45) is 4.99 Å². The van der Waals surface area contributed by atoms with Crippen LogP contribution in [0.25, 0.3) is 0 Å². The van der Waals surface area contributed by atoms with E-state index in [2.05, 4.69) is 70.8 Å². The van der Waals surface area contributed by atoms with Gasteiger partial charge in [0, 0.05) is 26.7 Å². The Balaban J connectivity index is 0.00000392. The Morgan fingerprint density at radius 3 is 2.11 bits per heavy atom. The maximum Gasteiger partial charge on any atom is 0.191 e. The monoisotopic (exact) mass is 496 g/mol. The smallest absolute Gasteiger partial charge is 0.191 e. The summed E-state index contributed by atoms with van der Waals surface area (Å²) in [7, 11) is 3.47. The SMILES string of the molecule is CCN(CC)Cc1ccccc1CNC(=NC)NCc1ccc(OC)cc1.I. The highest BCUT2D eigenvalue weighted by molar-refractivity contribution is 14.0. The highest BCUT2D eigenvalue weighted by atomic mass is 127. The summed E-state index contributed by atoms with van der Waals surface area (Å²) in [6, 6.07) is 16.6. The first kappa shape index (κ1) is 24.2. The fourth-order valence-electron chi connectivity index (χ4n) is 2.90. The first-order valence-electron chi connectivity index (χ1n) is 9.56. The van der Waals surface area contributed by atoms with Crippen LogP contribution >= 0.6 is 24.0 Å². The molecule has 0 radical (unpaired) electrons. The van der Waals surface area contributed by atoms with E-state index in [-0.39, 0.29) is 24.0 Å². The molecule has 0 aliphatic heterocycles. The number of benzene rings is 2. The minimum atomic E-state index is 0. The molecule has 0 saturated carbocycles. The predicted molar refractivity (Wildman–Crippen MR) is 129 cm³/mol. The number of aliphatic imine (C=N–C) groups is 1. The lowest BCUT2D eigenvalue weighted by Gasteiger charge is -2.20. The van der Waals surface area contributed by atoms with Gasteiger partial charge in [0.15, 0.2) is 5.96 Å². The van der Waals surface area contributed by atoms with Gasteiger partial charge in [-0.1, -0.05) is 50.2 Å². The van der Waals surface area contributed by atoms with Gasteiger partial charge in [0.05, 0.1) is 7.11 Å². The highest BCUT2D eigenvalue weighted by Gasteiger charge is 2.07. The van der Waals surface area contributed by atoms with Crippen LogP contribution in [-0.2, 0) is 19.6 Å². The molecule has 0 spiro atoms. The van der Waals surface area contributed by atoms with E-state index in [4.69, 9.17) is 4.74 Å². The van der Waals surface area contributed by atoms with Crippen molar-refractivity contribution in [3.8, 4) is 5.75 Å². The fraction of sp³-hybridized carbons (Fsp3) is 0.409. The normalized spacial score (nSPS) is 11.1. The molecule has 0 fully saturated rings. The van der Waals surface area contributed by atoms with Gasteiger partial charge < -0.3 is 15.4 Å². The topological polar surface area (TPSA) is 48.9 Å². The maximum atomic E-state index is 5.20. The predicted octanol–water partition coefficient (Wildman–Crippen LogP) is 4.02. The first-order chi connectivity index (χ1) is 13.2. The summed E-state index contributed by atoms with van der Waals surface area (Å²) < 4.78 is 5.20. The van der Waals surface area contributed by atoms with E-state index in [9.17, 15) is 0 Å². The Labute approximate surface area is 186 Å². The molecule has 0 aromatic heterocycles. The van der Waals surface area contributed by atoms with Crippen molar-refractivity contribution in [2.45, 2.75) is 33.5 Å². The molecule has 0 atom stereocenters. The third-order valence-corrected chi connectivity index (χ3v) is 4.70. The minimum absolute atomic E-state index is 0. The van der Waals surface area contributed by atoms with Gasteiger partial charge in [-0.15, -0.1) is 24.0 Å². The van der Waals surface area contributed by atoms with Gasteiger partial charge in [-0.05, 0) is 41.9 Å². The number of hydrogen-bond donors (Lipinski definition) is 2. The quantitative estimate of drug-likeness (QED) is 0.313. The lowest BCUT2D eigenvalue weighted by molar-refractivity contribution is 0.295. The fourth-order valence-corrected chi connectivity index (χ4v) is 2.90. The first-order valence-corrected chi connectivity index (χ1v) is 9.56. The van der Waals surface area contributed by atoms with Crippen LogP contribution in [0, 0.1) is 0 Å². The molecule has 0 amide bonds. The van der Waals surface area contributed by atoms with Crippen LogP contribution in [0.5, 0.6) is 5.75 Å². The van der Waals surface area contributed by atoms with E-state index in [0.29, 0.717) is 6.54 Å². The van der Waals surface area contributed by atoms with E-state index in [1.165, 1.54) is 16.7 Å². The summed E-state index contributed by atoms with van der Waals surface area (Å²) in [4.78, 5) is 6.76. The molecule has 2 aromatic rings. The van der Waals surface area contributed by atoms with Gasteiger partial charge in [0.1, 0.15) is 5.75 Å². The van der Waals surface area contributed by atoms with E-state index >= 15 is 0 Å². The molecule has 2 N–H and O–H groups in total. The standard InChI is InChI=1S/C22H32N4O.HI/c1-5-26(6-2)17-20-10-8-7-9-19(20)16-25-22(23-3)24-15-18-11-13-21(27-4)14-12-18;/h7-14H,5-6,15-17H2,1-4H3,(H2,23,24,25);1H. The molecule has 0 aliphatic rings. The number of guanidine groups is 1. The maximum absolute atomic E-state index is 5.20. The Kier molecular flexibility index (Phi) is 11.6. The number of methoxy groups -OCH3 is 1. The van der Waals surface area contributed by atoms with E-state index in [0.717, 1.165) is 37.9 Å². The van der Waals surface area contributed by atoms with Crippen molar-refractivity contribution in [1.29, 1.82) is 0 Å². The highest BCUT2D eigenvalue weighted by Crippen LogP contribution is 2.12. The third-order valence-electron chi connectivity index (χ3n) is 4.70. The van der Waals surface area contributed by atoms with E-state index < -0.39 is 0 Å². The van der Waals surface area contributed by atoms with Gasteiger partial charge in [-0.3, -0.25) is 9.89 Å². The Hall–Kier alpha value is -1.80. The van der Waals surface area contributed by atoms with Crippen molar-refractivity contribution in [3.05, 3.63) is 65.2 Å². The lowest BCUT2D eigenvalue weighted by Crippen LogP contribution is -2.36. The molecule has 0 unspecified atom stereocenters. The van der Waals surface area contributed by atoms with Crippen molar-refractivity contribution in [2.75, 3.05) is 27.2 Å². The number of nitrogens with one attached hydrogen (secondary N) is 2. The summed E-state index contributed by atoms with van der Waals surface area (Å²) in [6.07, 6.45) is 0. The van der Waals surface area contributed by atoms with Crippen LogP contribution in [-0.4, -0.2) is 38.1 Å². The molecule has 6 heteroatoms. The number of halogens is 1. The minimum Gasteiger partial charge on any atom is -0.497 e.